The first-order valence-corrected chi connectivity index (χ1v) is 17.2. The molecule has 0 aliphatic heterocycles. The normalized spacial score (nSPS) is 11.6. The van der Waals surface area contributed by atoms with Crippen LogP contribution in [0.1, 0.15) is 0 Å². The Hall–Kier alpha value is -6.64. The fourth-order valence-electron chi connectivity index (χ4n) is 8.00. The molecule has 2 heteroatoms. The first-order valence-electron chi connectivity index (χ1n) is 17.2. The fourth-order valence-corrected chi connectivity index (χ4v) is 8.00. The van der Waals surface area contributed by atoms with E-state index in [9.17, 15) is 0 Å². The van der Waals surface area contributed by atoms with Gasteiger partial charge in [-0.1, -0.05) is 152 Å². The van der Waals surface area contributed by atoms with Gasteiger partial charge in [0, 0.05) is 27.4 Å². The zero-order valence-corrected chi connectivity index (χ0v) is 27.4. The molecular weight excluding hydrogens is 605 g/mol. The number of fused-ring (bicyclic) bond motifs is 8. The largest absolute Gasteiger partial charge is 0.309 e. The molecule has 0 unspecified atom stereocenters. The summed E-state index contributed by atoms with van der Waals surface area (Å²) in [5.41, 5.74) is 9.30. The quantitative estimate of drug-likeness (QED) is 0.171. The third kappa shape index (κ3) is 4.36. The van der Waals surface area contributed by atoms with Crippen molar-refractivity contribution in [2.45, 2.75) is 0 Å². The molecule has 10 aromatic rings. The van der Waals surface area contributed by atoms with Gasteiger partial charge in [-0.25, -0.2) is 0 Å². The first kappa shape index (κ1) is 28.4. The maximum absolute atomic E-state index is 2.50. The average Bonchev–Trinajstić information content (AvgIpc) is 3.54. The van der Waals surface area contributed by atoms with Crippen molar-refractivity contribution < 1.29 is 0 Å². The van der Waals surface area contributed by atoms with Crippen molar-refractivity contribution in [3.05, 3.63) is 194 Å². The van der Waals surface area contributed by atoms with Crippen molar-refractivity contribution >= 4 is 71.2 Å². The molecule has 2 nitrogen and oxygen atoms in total. The highest BCUT2D eigenvalue weighted by molar-refractivity contribution is 6.22. The van der Waals surface area contributed by atoms with Crippen molar-refractivity contribution in [2.24, 2.45) is 0 Å². The summed E-state index contributed by atoms with van der Waals surface area (Å²) in [7, 11) is 0. The number of hydrogen-bond acceptors (Lipinski definition) is 1. The lowest BCUT2D eigenvalue weighted by Gasteiger charge is -2.30. The van der Waals surface area contributed by atoms with Gasteiger partial charge in [0.05, 0.1) is 28.1 Å². The summed E-state index contributed by atoms with van der Waals surface area (Å²) in [5.74, 6) is 0. The van der Waals surface area contributed by atoms with Crippen LogP contribution >= 0.6 is 0 Å². The molecule has 50 heavy (non-hydrogen) atoms. The van der Waals surface area contributed by atoms with Crippen LogP contribution in [0.2, 0.25) is 0 Å². The second-order valence-electron chi connectivity index (χ2n) is 12.9. The van der Waals surface area contributed by atoms with Crippen LogP contribution in [0.4, 0.5) is 17.1 Å². The highest BCUT2D eigenvalue weighted by Gasteiger charge is 2.24. The molecule has 0 radical (unpaired) electrons. The zero-order chi connectivity index (χ0) is 33.0. The maximum Gasteiger partial charge on any atom is 0.0562 e. The van der Waals surface area contributed by atoms with Crippen LogP contribution < -0.4 is 4.90 Å². The molecule has 0 saturated carbocycles. The SMILES string of the molecule is c1ccc(-c2ccccc2N(c2cccc3c2ccc2c4ccccc4ccc32)c2cccc3c2c2ccccc2n3-c2ccccc2)cc1. The van der Waals surface area contributed by atoms with Gasteiger partial charge in [0.1, 0.15) is 0 Å². The molecule has 0 atom stereocenters. The lowest BCUT2D eigenvalue weighted by atomic mass is 9.95. The highest BCUT2D eigenvalue weighted by Crippen LogP contribution is 2.48. The van der Waals surface area contributed by atoms with Gasteiger partial charge in [0.2, 0.25) is 0 Å². The summed E-state index contributed by atoms with van der Waals surface area (Å²) in [6.45, 7) is 0. The predicted molar refractivity (Wildman–Crippen MR) is 213 cm³/mol. The lowest BCUT2D eigenvalue weighted by molar-refractivity contribution is 1.18. The maximum atomic E-state index is 2.50. The third-order valence-corrected chi connectivity index (χ3v) is 10.2. The van der Waals surface area contributed by atoms with E-state index in [1.54, 1.807) is 0 Å². The second-order valence-corrected chi connectivity index (χ2v) is 12.9. The van der Waals surface area contributed by atoms with Crippen LogP contribution in [-0.2, 0) is 0 Å². The van der Waals surface area contributed by atoms with Gasteiger partial charge in [0.15, 0.2) is 0 Å². The number of benzene rings is 9. The Morgan fingerprint density at radius 1 is 0.320 bits per heavy atom. The predicted octanol–water partition coefficient (Wildman–Crippen LogP) is 13.4. The number of aromatic nitrogens is 1. The summed E-state index contributed by atoms with van der Waals surface area (Å²) in [6.07, 6.45) is 0. The highest BCUT2D eigenvalue weighted by atomic mass is 15.2. The van der Waals surface area contributed by atoms with E-state index in [1.807, 2.05) is 0 Å². The number of para-hydroxylation sites is 3. The minimum absolute atomic E-state index is 1.13. The van der Waals surface area contributed by atoms with Crippen LogP contribution in [0.25, 0.3) is 70.9 Å². The van der Waals surface area contributed by atoms with E-state index in [0.29, 0.717) is 0 Å². The Morgan fingerprint density at radius 2 is 0.880 bits per heavy atom. The number of nitrogens with zero attached hydrogens (tertiary/aromatic N) is 2. The topological polar surface area (TPSA) is 8.17 Å². The Morgan fingerprint density at radius 3 is 1.76 bits per heavy atom. The molecule has 234 valence electrons. The van der Waals surface area contributed by atoms with Gasteiger partial charge in [0.25, 0.3) is 0 Å². The van der Waals surface area contributed by atoms with Gasteiger partial charge >= 0.3 is 0 Å². The molecule has 1 heterocycles. The fraction of sp³-hybridized carbons (Fsp3) is 0. The third-order valence-electron chi connectivity index (χ3n) is 10.2. The average molecular weight is 637 g/mol. The van der Waals surface area contributed by atoms with E-state index in [1.165, 1.54) is 65.3 Å². The van der Waals surface area contributed by atoms with Gasteiger partial charge in [-0.3, -0.25) is 0 Å². The molecule has 0 saturated heterocycles. The van der Waals surface area contributed by atoms with Crippen LogP contribution in [0.5, 0.6) is 0 Å². The van der Waals surface area contributed by atoms with Gasteiger partial charge in [-0.15, -0.1) is 0 Å². The molecule has 0 fully saturated rings. The molecule has 0 spiro atoms. The standard InChI is InChI=1S/C48H32N2/c1-3-15-33(16-4-1)37-21-9-11-24-43(37)50(44-26-13-23-38-40-30-29-34-17-7-8-20-36(34)39(40)31-32-41(38)44)47-28-14-27-46-48(47)42-22-10-12-25-45(42)49(46)35-18-5-2-6-19-35/h1-32H. The minimum atomic E-state index is 1.13. The molecule has 9 aromatic carbocycles. The number of hydrogen-bond donors (Lipinski definition) is 0. The first-order chi connectivity index (χ1) is 24.8. The Labute approximate surface area is 290 Å². The molecule has 0 bridgehead atoms. The molecule has 0 N–H and O–H groups in total. The van der Waals surface area contributed by atoms with Crippen LogP contribution in [0.15, 0.2) is 194 Å². The summed E-state index contributed by atoms with van der Waals surface area (Å²) >= 11 is 0. The van der Waals surface area contributed by atoms with Crippen molar-refractivity contribution in [1.82, 2.24) is 4.57 Å². The van der Waals surface area contributed by atoms with Crippen molar-refractivity contribution in [1.29, 1.82) is 0 Å². The lowest BCUT2D eigenvalue weighted by Crippen LogP contribution is -2.12. The summed E-state index contributed by atoms with van der Waals surface area (Å²) in [6, 6.07) is 70.5. The van der Waals surface area contributed by atoms with Crippen LogP contribution in [-0.4, -0.2) is 4.57 Å². The Bertz CT molecular complexity index is 2870. The van der Waals surface area contributed by atoms with Gasteiger partial charge in [-0.2, -0.15) is 0 Å². The molecule has 0 aliphatic rings. The zero-order valence-electron chi connectivity index (χ0n) is 27.4. The van der Waals surface area contributed by atoms with E-state index < -0.39 is 0 Å². The van der Waals surface area contributed by atoms with E-state index >= 15 is 0 Å². The van der Waals surface area contributed by atoms with E-state index in [2.05, 4.69) is 204 Å². The molecule has 0 amide bonds. The van der Waals surface area contributed by atoms with Crippen LogP contribution in [0.3, 0.4) is 0 Å². The van der Waals surface area contributed by atoms with E-state index in [0.717, 1.165) is 22.7 Å². The van der Waals surface area contributed by atoms with Gasteiger partial charge in [-0.05, 0) is 75.0 Å². The smallest absolute Gasteiger partial charge is 0.0562 e. The Balaban J connectivity index is 1.33. The van der Waals surface area contributed by atoms with E-state index in [-0.39, 0.29) is 0 Å². The second kappa shape index (κ2) is 11.5. The molecular formula is C48H32N2. The molecule has 1 aromatic heterocycles. The summed E-state index contributed by atoms with van der Waals surface area (Å²) < 4.78 is 2.40. The van der Waals surface area contributed by atoms with Crippen molar-refractivity contribution in [2.75, 3.05) is 4.90 Å². The minimum Gasteiger partial charge on any atom is -0.309 e. The number of anilines is 3. The van der Waals surface area contributed by atoms with Crippen molar-refractivity contribution in [3.8, 4) is 16.8 Å². The van der Waals surface area contributed by atoms with Crippen molar-refractivity contribution in [3.63, 3.8) is 0 Å². The summed E-state index contributed by atoms with van der Waals surface area (Å²) in [5, 5.41) is 9.97. The number of rotatable bonds is 5. The van der Waals surface area contributed by atoms with Gasteiger partial charge < -0.3 is 9.47 Å². The van der Waals surface area contributed by atoms with E-state index in [4.69, 9.17) is 0 Å². The van der Waals surface area contributed by atoms with Crippen LogP contribution in [0, 0.1) is 0 Å². The monoisotopic (exact) mass is 636 g/mol. The summed E-state index contributed by atoms with van der Waals surface area (Å²) in [4.78, 5) is 2.50. The molecule has 0 aliphatic carbocycles. The Kier molecular flexibility index (Phi) is 6.53. The molecule has 10 rings (SSSR count).